The average Bonchev–Trinajstić information content (AvgIpc) is 2.62. The van der Waals surface area contributed by atoms with Gasteiger partial charge in [-0.3, -0.25) is 4.79 Å². The number of amides is 1. The van der Waals surface area contributed by atoms with Gasteiger partial charge in [-0.15, -0.1) is 10.2 Å². The first-order valence-electron chi connectivity index (χ1n) is 8.63. The lowest BCUT2D eigenvalue weighted by molar-refractivity contribution is -0.116. The molecule has 5 nitrogen and oxygen atoms in total. The minimum absolute atomic E-state index is 0.0345. The summed E-state index contributed by atoms with van der Waals surface area (Å²) in [6, 6.07) is 13.8. The maximum absolute atomic E-state index is 12.0. The summed E-state index contributed by atoms with van der Waals surface area (Å²) in [6.07, 6.45) is 3.56. The minimum atomic E-state index is -0.0345. The van der Waals surface area contributed by atoms with Crippen LogP contribution in [-0.4, -0.2) is 29.2 Å². The predicted molar refractivity (Wildman–Crippen MR) is 96.0 cm³/mol. The van der Waals surface area contributed by atoms with Gasteiger partial charge in [-0.25, -0.2) is 0 Å². The molecule has 2 heterocycles. The number of aromatic nitrogens is 2. The van der Waals surface area contributed by atoms with Crippen molar-refractivity contribution in [3.63, 3.8) is 0 Å². The maximum Gasteiger partial charge on any atom is 0.225 e. The van der Waals surface area contributed by atoms with Gasteiger partial charge in [0.1, 0.15) is 0 Å². The Morgan fingerprint density at radius 3 is 2.54 bits per heavy atom. The van der Waals surface area contributed by atoms with E-state index in [1.54, 1.807) is 0 Å². The van der Waals surface area contributed by atoms with Crippen molar-refractivity contribution >= 4 is 17.5 Å². The van der Waals surface area contributed by atoms with E-state index in [0.717, 1.165) is 36.8 Å². The maximum atomic E-state index is 12.0. The van der Waals surface area contributed by atoms with Crippen molar-refractivity contribution in [2.75, 3.05) is 23.3 Å². The molecule has 0 radical (unpaired) electrons. The zero-order valence-electron chi connectivity index (χ0n) is 14.1. The molecule has 1 aliphatic rings. The van der Waals surface area contributed by atoms with Gasteiger partial charge in [-0.05, 0) is 42.9 Å². The molecular weight excluding hydrogens is 300 g/mol. The predicted octanol–water partition coefficient (Wildman–Crippen LogP) is 3.28. The molecule has 1 aliphatic heterocycles. The van der Waals surface area contributed by atoms with Gasteiger partial charge < -0.3 is 10.2 Å². The van der Waals surface area contributed by atoms with E-state index in [4.69, 9.17) is 0 Å². The van der Waals surface area contributed by atoms with E-state index in [9.17, 15) is 4.79 Å². The molecule has 1 aromatic carbocycles. The Kier molecular flexibility index (Phi) is 5.41. The number of nitrogens with zero attached hydrogens (tertiary/aromatic N) is 3. The third kappa shape index (κ3) is 4.54. The Morgan fingerprint density at radius 2 is 1.88 bits per heavy atom. The van der Waals surface area contributed by atoms with Crippen LogP contribution in [0.4, 0.5) is 11.6 Å². The van der Waals surface area contributed by atoms with Crippen LogP contribution in [0.3, 0.4) is 0 Å². The van der Waals surface area contributed by atoms with Crippen LogP contribution in [0.1, 0.15) is 31.7 Å². The van der Waals surface area contributed by atoms with Crippen LogP contribution in [0.15, 0.2) is 42.5 Å². The summed E-state index contributed by atoms with van der Waals surface area (Å²) in [7, 11) is 0. The van der Waals surface area contributed by atoms with Crippen molar-refractivity contribution < 1.29 is 4.79 Å². The van der Waals surface area contributed by atoms with E-state index >= 15 is 0 Å². The van der Waals surface area contributed by atoms with E-state index in [1.807, 2.05) is 42.5 Å². The zero-order valence-corrected chi connectivity index (χ0v) is 14.1. The molecule has 0 unspecified atom stereocenters. The van der Waals surface area contributed by atoms with Gasteiger partial charge in [-0.1, -0.05) is 37.3 Å². The summed E-state index contributed by atoms with van der Waals surface area (Å²) >= 11 is 0. The quantitative estimate of drug-likeness (QED) is 0.917. The van der Waals surface area contributed by atoms with Gasteiger partial charge in [0.15, 0.2) is 11.6 Å². The fourth-order valence-electron chi connectivity index (χ4n) is 2.91. The van der Waals surface area contributed by atoms with Crippen molar-refractivity contribution in [1.29, 1.82) is 0 Å². The highest BCUT2D eigenvalue weighted by molar-refractivity contribution is 5.89. The second kappa shape index (κ2) is 7.90. The molecule has 2 aromatic rings. The standard InChI is InChI=1S/C19H24N4O/c1-15-11-13-23(14-12-15)18-9-8-17(21-22-18)20-19(24)10-7-16-5-3-2-4-6-16/h2-6,8-9,15H,7,10-14H2,1H3,(H,20,21,24). The Balaban J connectivity index is 1.49. The fourth-order valence-corrected chi connectivity index (χ4v) is 2.91. The lowest BCUT2D eigenvalue weighted by atomic mass is 9.99. The minimum Gasteiger partial charge on any atom is -0.355 e. The van der Waals surface area contributed by atoms with Crippen LogP contribution in [0.2, 0.25) is 0 Å². The zero-order chi connectivity index (χ0) is 16.8. The molecule has 5 heteroatoms. The first-order chi connectivity index (χ1) is 11.7. The Labute approximate surface area is 143 Å². The Morgan fingerprint density at radius 1 is 1.12 bits per heavy atom. The second-order valence-corrected chi connectivity index (χ2v) is 6.48. The number of rotatable bonds is 5. The molecule has 1 saturated heterocycles. The van der Waals surface area contributed by atoms with Crippen LogP contribution in [0, 0.1) is 5.92 Å². The fraction of sp³-hybridized carbons (Fsp3) is 0.421. The molecule has 1 N–H and O–H groups in total. The summed E-state index contributed by atoms with van der Waals surface area (Å²) in [6.45, 7) is 4.34. The van der Waals surface area contributed by atoms with Crippen molar-refractivity contribution in [2.45, 2.75) is 32.6 Å². The highest BCUT2D eigenvalue weighted by atomic mass is 16.1. The molecule has 24 heavy (non-hydrogen) atoms. The number of carbonyl (C=O) groups excluding carboxylic acids is 1. The number of anilines is 2. The number of hydrogen-bond acceptors (Lipinski definition) is 4. The third-order valence-electron chi connectivity index (χ3n) is 4.51. The lowest BCUT2D eigenvalue weighted by Crippen LogP contribution is -2.33. The number of nitrogens with one attached hydrogen (secondary N) is 1. The van der Waals surface area contributed by atoms with Crippen molar-refractivity contribution in [1.82, 2.24) is 10.2 Å². The van der Waals surface area contributed by atoms with E-state index in [0.29, 0.717) is 12.2 Å². The number of piperidine rings is 1. The number of benzene rings is 1. The highest BCUT2D eigenvalue weighted by Gasteiger charge is 2.17. The van der Waals surface area contributed by atoms with Crippen LogP contribution in [0.25, 0.3) is 0 Å². The number of hydrogen-bond donors (Lipinski definition) is 1. The van der Waals surface area contributed by atoms with Crippen LogP contribution < -0.4 is 10.2 Å². The van der Waals surface area contributed by atoms with Crippen molar-refractivity contribution in [3.8, 4) is 0 Å². The monoisotopic (exact) mass is 324 g/mol. The van der Waals surface area contributed by atoms with Gasteiger partial charge in [-0.2, -0.15) is 0 Å². The Bertz CT molecular complexity index is 649. The highest BCUT2D eigenvalue weighted by Crippen LogP contribution is 2.21. The van der Waals surface area contributed by atoms with Crippen LogP contribution >= 0.6 is 0 Å². The molecule has 0 bridgehead atoms. The number of carbonyl (C=O) groups is 1. The first kappa shape index (κ1) is 16.4. The van der Waals surface area contributed by atoms with Gasteiger partial charge in [0.25, 0.3) is 0 Å². The summed E-state index contributed by atoms with van der Waals surface area (Å²) in [4.78, 5) is 14.3. The molecule has 1 fully saturated rings. The van der Waals surface area contributed by atoms with Gasteiger partial charge in [0.2, 0.25) is 5.91 Å². The topological polar surface area (TPSA) is 58.1 Å². The summed E-state index contributed by atoms with van der Waals surface area (Å²) < 4.78 is 0. The molecule has 0 saturated carbocycles. The van der Waals surface area contributed by atoms with E-state index in [2.05, 4.69) is 27.3 Å². The number of aryl methyl sites for hydroxylation is 1. The normalized spacial score (nSPS) is 15.3. The first-order valence-corrected chi connectivity index (χ1v) is 8.63. The molecule has 1 aromatic heterocycles. The van der Waals surface area contributed by atoms with Crippen LogP contribution in [0.5, 0.6) is 0 Å². The lowest BCUT2D eigenvalue weighted by Gasteiger charge is -2.30. The van der Waals surface area contributed by atoms with Crippen molar-refractivity contribution in [3.05, 3.63) is 48.0 Å². The Hall–Kier alpha value is -2.43. The van der Waals surface area contributed by atoms with Gasteiger partial charge >= 0.3 is 0 Å². The summed E-state index contributed by atoms with van der Waals surface area (Å²) in [5.41, 5.74) is 1.16. The molecule has 1 amide bonds. The second-order valence-electron chi connectivity index (χ2n) is 6.48. The molecule has 0 atom stereocenters. The largest absolute Gasteiger partial charge is 0.355 e. The summed E-state index contributed by atoms with van der Waals surface area (Å²) in [5, 5.41) is 11.2. The summed E-state index contributed by atoms with van der Waals surface area (Å²) in [5.74, 6) is 2.16. The van der Waals surface area contributed by atoms with Gasteiger partial charge in [0, 0.05) is 19.5 Å². The molecular formula is C19H24N4O. The SMILES string of the molecule is CC1CCN(c2ccc(NC(=O)CCc3ccccc3)nn2)CC1. The van der Waals surface area contributed by atoms with Gasteiger partial charge in [0.05, 0.1) is 0 Å². The van der Waals surface area contributed by atoms with E-state index in [1.165, 1.54) is 12.8 Å². The van der Waals surface area contributed by atoms with E-state index < -0.39 is 0 Å². The smallest absolute Gasteiger partial charge is 0.225 e. The molecule has 126 valence electrons. The van der Waals surface area contributed by atoms with E-state index in [-0.39, 0.29) is 5.91 Å². The third-order valence-corrected chi connectivity index (χ3v) is 4.51. The average molecular weight is 324 g/mol. The van der Waals surface area contributed by atoms with Crippen LogP contribution in [-0.2, 0) is 11.2 Å². The molecule has 3 rings (SSSR count). The van der Waals surface area contributed by atoms with Crippen molar-refractivity contribution in [2.24, 2.45) is 5.92 Å². The molecule has 0 aliphatic carbocycles. The molecule has 0 spiro atoms.